The van der Waals surface area contributed by atoms with Crippen molar-refractivity contribution in [2.45, 2.75) is 12.5 Å². The lowest BCUT2D eigenvalue weighted by Crippen LogP contribution is -2.45. The average Bonchev–Trinajstić information content (AvgIpc) is 3.66. The average molecular weight is 681 g/mol. The van der Waals surface area contributed by atoms with Gasteiger partial charge in [-0.2, -0.15) is 4.68 Å². The number of halogens is 2. The molecule has 13 nitrogen and oxygen atoms in total. The number of anilines is 1. The molecular weight excluding hydrogens is 655 g/mol. The fourth-order valence-electron chi connectivity index (χ4n) is 5.62. The Kier molecular flexibility index (Phi) is 9.22. The zero-order valence-electron chi connectivity index (χ0n) is 25.7. The van der Waals surface area contributed by atoms with Gasteiger partial charge in [0.1, 0.15) is 18.1 Å². The van der Waals surface area contributed by atoms with E-state index in [1.54, 1.807) is 30.5 Å². The molecule has 0 fully saturated rings. The van der Waals surface area contributed by atoms with Crippen LogP contribution in [0.5, 0.6) is 0 Å². The highest BCUT2D eigenvalue weighted by Gasteiger charge is 2.36. The smallest absolute Gasteiger partial charge is 0.335 e. The van der Waals surface area contributed by atoms with Gasteiger partial charge >= 0.3 is 5.97 Å². The number of amides is 3. The Balaban J connectivity index is 1.38. The molecule has 0 bridgehead atoms. The zero-order valence-corrected chi connectivity index (χ0v) is 26.4. The van der Waals surface area contributed by atoms with Crippen LogP contribution in [0.1, 0.15) is 43.6 Å². The number of tetrazole rings is 1. The van der Waals surface area contributed by atoms with Gasteiger partial charge in [0.25, 0.3) is 11.8 Å². The molecular formula is C34H26ClFN8O5. The van der Waals surface area contributed by atoms with Gasteiger partial charge in [-0.05, 0) is 82.1 Å². The molecule has 5 aromatic rings. The lowest BCUT2D eigenvalue weighted by atomic mass is 9.86. The Hall–Kier alpha value is -6.28. The lowest BCUT2D eigenvalue weighted by Gasteiger charge is -2.36. The summed E-state index contributed by atoms with van der Waals surface area (Å²) in [5.74, 6) is -3.38. The number of carbonyl (C=O) groups excluding carboxylic acids is 3. The van der Waals surface area contributed by atoms with Crippen molar-refractivity contribution < 1.29 is 28.7 Å². The third-order valence-corrected chi connectivity index (χ3v) is 8.28. The lowest BCUT2D eigenvalue weighted by molar-refractivity contribution is -0.135. The van der Waals surface area contributed by atoms with Crippen molar-refractivity contribution in [1.29, 1.82) is 0 Å². The van der Waals surface area contributed by atoms with Gasteiger partial charge in [-0.1, -0.05) is 35.9 Å². The maximum absolute atomic E-state index is 15.2. The second-order valence-corrected chi connectivity index (χ2v) is 11.2. The molecule has 6 rings (SSSR count). The normalized spacial score (nSPS) is 13.9. The minimum absolute atomic E-state index is 0.0398. The molecule has 3 amide bonds. The predicted molar refractivity (Wildman–Crippen MR) is 176 cm³/mol. The molecule has 0 saturated carbocycles. The second-order valence-electron chi connectivity index (χ2n) is 10.8. The minimum Gasteiger partial charge on any atom is -0.478 e. The summed E-state index contributed by atoms with van der Waals surface area (Å²) in [7, 11) is 1.51. The van der Waals surface area contributed by atoms with Crippen LogP contribution in [0, 0.1) is 5.82 Å². The van der Waals surface area contributed by atoms with Crippen molar-refractivity contribution in [3.05, 3.63) is 124 Å². The zero-order chi connectivity index (χ0) is 34.7. The number of hydrogen-bond donors (Lipinski definition) is 3. The van der Waals surface area contributed by atoms with E-state index in [9.17, 15) is 24.3 Å². The number of nitrogens with one attached hydrogen (secondary N) is 2. The molecule has 246 valence electrons. The van der Waals surface area contributed by atoms with Crippen LogP contribution in [-0.2, 0) is 16.0 Å². The van der Waals surface area contributed by atoms with Crippen LogP contribution >= 0.6 is 11.6 Å². The number of carbonyl (C=O) groups is 4. The highest BCUT2D eigenvalue weighted by Crippen LogP contribution is 2.37. The van der Waals surface area contributed by atoms with Crippen LogP contribution in [0.4, 0.5) is 10.1 Å². The summed E-state index contributed by atoms with van der Waals surface area (Å²) in [5.41, 5.74) is 3.62. The fraction of sp³-hybridized carbons (Fsp3) is 0.118. The number of carboxylic acid groups (broad SMARTS) is 1. The van der Waals surface area contributed by atoms with E-state index in [0.717, 1.165) is 17.2 Å². The Labute approximate surface area is 283 Å². The first kappa shape index (κ1) is 32.7. The molecule has 0 spiro atoms. The summed E-state index contributed by atoms with van der Waals surface area (Å²) in [6.45, 7) is 0.116. The van der Waals surface area contributed by atoms with Gasteiger partial charge in [-0.3, -0.25) is 19.4 Å². The van der Waals surface area contributed by atoms with Crippen molar-refractivity contribution >= 4 is 47.1 Å². The molecule has 1 aliphatic heterocycles. The maximum Gasteiger partial charge on any atom is 0.335 e. The molecule has 0 radical (unpaired) electrons. The molecule has 2 aromatic heterocycles. The van der Waals surface area contributed by atoms with Crippen molar-refractivity contribution in [1.82, 2.24) is 35.4 Å². The van der Waals surface area contributed by atoms with Crippen LogP contribution in [0.2, 0.25) is 5.02 Å². The number of rotatable bonds is 8. The number of aromatic carboxylic acids is 1. The first-order valence-corrected chi connectivity index (χ1v) is 15.2. The molecule has 1 atom stereocenters. The third-order valence-electron chi connectivity index (χ3n) is 7.98. The number of pyridine rings is 1. The van der Waals surface area contributed by atoms with Crippen LogP contribution in [0.15, 0.2) is 85.3 Å². The third kappa shape index (κ3) is 6.62. The van der Waals surface area contributed by atoms with E-state index < -0.39 is 29.6 Å². The minimum atomic E-state index is -1.14. The van der Waals surface area contributed by atoms with Crippen LogP contribution in [0.25, 0.3) is 22.9 Å². The van der Waals surface area contributed by atoms with E-state index in [4.69, 9.17) is 11.6 Å². The van der Waals surface area contributed by atoms with E-state index in [1.165, 1.54) is 65.4 Å². The summed E-state index contributed by atoms with van der Waals surface area (Å²) in [5, 5.41) is 25.4. The Morgan fingerprint density at radius 3 is 2.51 bits per heavy atom. The topological polar surface area (TPSA) is 172 Å². The Morgan fingerprint density at radius 2 is 1.84 bits per heavy atom. The van der Waals surface area contributed by atoms with Crippen LogP contribution in [0.3, 0.4) is 0 Å². The van der Waals surface area contributed by atoms with E-state index in [2.05, 4.69) is 31.1 Å². The first-order chi connectivity index (χ1) is 23.7. The van der Waals surface area contributed by atoms with Crippen molar-refractivity contribution in [3.63, 3.8) is 0 Å². The monoisotopic (exact) mass is 680 g/mol. The SMILES string of the molecule is CNC(=O)c1ccc(-c2cccc3c2CCN(C(=O)C=Cc2c(-n4cnnn4)ccc(Cl)c2F)C3C(=O)Nc2ccc(C(=O)O)cc2)cn1. The van der Waals surface area contributed by atoms with Gasteiger partial charge in [-0.25, -0.2) is 9.18 Å². The molecule has 3 heterocycles. The molecule has 0 saturated heterocycles. The highest BCUT2D eigenvalue weighted by molar-refractivity contribution is 6.31. The molecule has 49 heavy (non-hydrogen) atoms. The van der Waals surface area contributed by atoms with Crippen LogP contribution < -0.4 is 10.6 Å². The van der Waals surface area contributed by atoms with Crippen molar-refractivity contribution in [2.75, 3.05) is 18.9 Å². The largest absolute Gasteiger partial charge is 0.478 e. The molecule has 3 aromatic carbocycles. The number of benzene rings is 3. The van der Waals surface area contributed by atoms with Gasteiger partial charge in [0.2, 0.25) is 5.91 Å². The maximum atomic E-state index is 15.2. The van der Waals surface area contributed by atoms with Gasteiger partial charge in [0.15, 0.2) is 5.82 Å². The van der Waals surface area contributed by atoms with Gasteiger partial charge in [0.05, 0.1) is 16.3 Å². The number of fused-ring (bicyclic) bond motifs is 1. The molecule has 0 aliphatic carbocycles. The molecule has 1 unspecified atom stereocenters. The predicted octanol–water partition coefficient (Wildman–Crippen LogP) is 4.35. The number of hydrogen-bond acceptors (Lipinski definition) is 8. The summed E-state index contributed by atoms with van der Waals surface area (Å²) in [6.07, 6.45) is 5.61. The van der Waals surface area contributed by atoms with E-state index in [-0.39, 0.29) is 40.0 Å². The van der Waals surface area contributed by atoms with Gasteiger partial charge < -0.3 is 20.6 Å². The fourth-order valence-corrected chi connectivity index (χ4v) is 5.78. The van der Waals surface area contributed by atoms with Crippen molar-refractivity contribution in [2.24, 2.45) is 0 Å². The summed E-state index contributed by atoms with van der Waals surface area (Å²) >= 11 is 6.06. The summed E-state index contributed by atoms with van der Waals surface area (Å²) < 4.78 is 16.5. The summed E-state index contributed by atoms with van der Waals surface area (Å²) in [6, 6.07) is 16.1. The Morgan fingerprint density at radius 1 is 1.04 bits per heavy atom. The van der Waals surface area contributed by atoms with E-state index in [1.807, 2.05) is 6.07 Å². The number of nitrogens with zero attached hydrogens (tertiary/aromatic N) is 6. The molecule has 15 heteroatoms. The van der Waals surface area contributed by atoms with Gasteiger partial charge in [0, 0.05) is 42.7 Å². The van der Waals surface area contributed by atoms with E-state index >= 15 is 4.39 Å². The molecule has 3 N–H and O–H groups in total. The Bertz CT molecular complexity index is 2100. The number of aromatic nitrogens is 5. The second kappa shape index (κ2) is 13.8. The van der Waals surface area contributed by atoms with Gasteiger partial charge in [-0.15, -0.1) is 5.10 Å². The standard InChI is InChI=1S/C34H26ClFN8O5/c1-37-32(46)27-12-7-20(17-38-27)22-3-2-4-24-23(22)15-16-43(31(24)33(47)40-21-8-5-19(6-9-21)34(48)49)29(45)14-10-25-28(44-18-39-41-42-44)13-11-26(35)30(25)36/h2-14,17-18,31H,15-16H2,1H3,(H,37,46)(H,40,47)(H,48,49). The summed E-state index contributed by atoms with van der Waals surface area (Å²) in [4.78, 5) is 57.0. The number of carboxylic acids is 1. The quantitative estimate of drug-likeness (QED) is 0.201. The first-order valence-electron chi connectivity index (χ1n) is 14.8. The van der Waals surface area contributed by atoms with E-state index in [0.29, 0.717) is 23.2 Å². The van der Waals surface area contributed by atoms with Crippen molar-refractivity contribution in [3.8, 4) is 16.8 Å². The van der Waals surface area contributed by atoms with Crippen LogP contribution in [-0.4, -0.2) is 72.5 Å². The molecule has 1 aliphatic rings. The highest BCUT2D eigenvalue weighted by atomic mass is 35.5.